The van der Waals surface area contributed by atoms with E-state index >= 15 is 0 Å². The normalized spacial score (nSPS) is 9.25. The SMILES string of the molecule is S=C=Nc1ccc(Nc2ccccc2)nc1. The fourth-order valence-corrected chi connectivity index (χ4v) is 1.35. The number of para-hydroxylation sites is 1. The minimum atomic E-state index is 0.702. The van der Waals surface area contributed by atoms with E-state index in [4.69, 9.17) is 0 Å². The zero-order valence-corrected chi connectivity index (χ0v) is 9.24. The van der Waals surface area contributed by atoms with Crippen LogP contribution in [0.5, 0.6) is 0 Å². The number of thiocarbonyl (C=S) groups is 1. The molecule has 4 heteroatoms. The summed E-state index contributed by atoms with van der Waals surface area (Å²) in [6.07, 6.45) is 1.64. The molecule has 1 aromatic heterocycles. The highest BCUT2D eigenvalue weighted by Crippen LogP contribution is 2.16. The molecular weight excluding hydrogens is 218 g/mol. The maximum Gasteiger partial charge on any atom is 0.130 e. The van der Waals surface area contributed by atoms with Gasteiger partial charge in [-0.3, -0.25) is 0 Å². The predicted molar refractivity (Wildman–Crippen MR) is 68.6 cm³/mol. The van der Waals surface area contributed by atoms with Gasteiger partial charge in [0.1, 0.15) is 5.82 Å². The third-order valence-corrected chi connectivity index (χ3v) is 2.06. The first-order valence-electron chi connectivity index (χ1n) is 4.74. The molecule has 2 aromatic rings. The Morgan fingerprint density at radius 2 is 1.94 bits per heavy atom. The Hall–Kier alpha value is -2.03. The maximum atomic E-state index is 4.51. The summed E-state index contributed by atoms with van der Waals surface area (Å²) in [5.74, 6) is 0.773. The lowest BCUT2D eigenvalue weighted by Crippen LogP contribution is -1.91. The third kappa shape index (κ3) is 2.73. The molecule has 0 atom stereocenters. The number of aromatic nitrogens is 1. The smallest absolute Gasteiger partial charge is 0.130 e. The van der Waals surface area contributed by atoms with Crippen molar-refractivity contribution in [3.63, 3.8) is 0 Å². The molecule has 78 valence electrons. The number of rotatable bonds is 3. The first-order valence-corrected chi connectivity index (χ1v) is 5.15. The first-order chi connectivity index (χ1) is 7.88. The molecule has 0 saturated heterocycles. The van der Waals surface area contributed by atoms with Crippen LogP contribution < -0.4 is 5.32 Å². The number of hydrogen-bond acceptors (Lipinski definition) is 4. The second kappa shape index (κ2) is 5.16. The van der Waals surface area contributed by atoms with Gasteiger partial charge in [0, 0.05) is 5.69 Å². The summed E-state index contributed by atoms with van der Waals surface area (Å²) in [5.41, 5.74) is 1.70. The van der Waals surface area contributed by atoms with E-state index in [1.165, 1.54) is 0 Å². The molecular formula is C12H9N3S. The molecule has 3 nitrogen and oxygen atoms in total. The molecule has 0 amide bonds. The molecule has 0 bridgehead atoms. The summed E-state index contributed by atoms with van der Waals surface area (Å²) in [6.45, 7) is 0. The van der Waals surface area contributed by atoms with E-state index in [0.29, 0.717) is 5.69 Å². The van der Waals surface area contributed by atoms with Gasteiger partial charge < -0.3 is 5.32 Å². The summed E-state index contributed by atoms with van der Waals surface area (Å²) < 4.78 is 0. The van der Waals surface area contributed by atoms with Crippen molar-refractivity contribution in [1.29, 1.82) is 0 Å². The van der Waals surface area contributed by atoms with Gasteiger partial charge in [-0.1, -0.05) is 18.2 Å². The van der Waals surface area contributed by atoms with Gasteiger partial charge in [0.15, 0.2) is 0 Å². The van der Waals surface area contributed by atoms with E-state index in [2.05, 4.69) is 32.7 Å². The average Bonchev–Trinajstić information content (AvgIpc) is 2.33. The summed E-state index contributed by atoms with van der Waals surface area (Å²) in [5, 5.41) is 5.48. The highest BCUT2D eigenvalue weighted by Gasteiger charge is 1.95. The van der Waals surface area contributed by atoms with Crippen molar-refractivity contribution in [3.8, 4) is 0 Å². The van der Waals surface area contributed by atoms with Gasteiger partial charge in [-0.05, 0) is 36.5 Å². The summed E-state index contributed by atoms with van der Waals surface area (Å²) >= 11 is 4.51. The lowest BCUT2D eigenvalue weighted by atomic mass is 10.3. The number of pyridine rings is 1. The van der Waals surface area contributed by atoms with E-state index in [1.54, 1.807) is 6.20 Å². The summed E-state index contributed by atoms with van der Waals surface area (Å²) in [6, 6.07) is 13.5. The number of hydrogen-bond donors (Lipinski definition) is 1. The van der Waals surface area contributed by atoms with E-state index in [9.17, 15) is 0 Å². The van der Waals surface area contributed by atoms with Gasteiger partial charge in [0.05, 0.1) is 17.0 Å². The van der Waals surface area contributed by atoms with E-state index in [0.717, 1.165) is 11.5 Å². The number of nitrogens with one attached hydrogen (secondary N) is 1. The van der Waals surface area contributed by atoms with Crippen molar-refractivity contribution >= 4 is 34.6 Å². The molecule has 1 aromatic carbocycles. The minimum Gasteiger partial charge on any atom is -0.340 e. The Bertz CT molecular complexity index is 502. The predicted octanol–water partition coefficient (Wildman–Crippen LogP) is 3.56. The molecule has 0 spiro atoms. The monoisotopic (exact) mass is 227 g/mol. The quantitative estimate of drug-likeness (QED) is 0.643. The molecule has 1 heterocycles. The van der Waals surface area contributed by atoms with Gasteiger partial charge in [0.2, 0.25) is 0 Å². The second-order valence-corrected chi connectivity index (χ2v) is 3.28. The Balaban J connectivity index is 2.14. The van der Waals surface area contributed by atoms with Crippen molar-refractivity contribution in [2.75, 3.05) is 5.32 Å². The van der Waals surface area contributed by atoms with Crippen LogP contribution in [0.1, 0.15) is 0 Å². The number of anilines is 2. The van der Waals surface area contributed by atoms with E-state index in [-0.39, 0.29) is 0 Å². The van der Waals surface area contributed by atoms with Crippen LogP contribution in [0.25, 0.3) is 0 Å². The summed E-state index contributed by atoms with van der Waals surface area (Å²) in [4.78, 5) is 8.03. The summed E-state index contributed by atoms with van der Waals surface area (Å²) in [7, 11) is 0. The molecule has 0 fully saturated rings. The zero-order valence-electron chi connectivity index (χ0n) is 8.42. The van der Waals surface area contributed by atoms with Crippen molar-refractivity contribution in [3.05, 3.63) is 48.7 Å². The Morgan fingerprint density at radius 1 is 1.12 bits per heavy atom. The number of aliphatic imine (C=N–C) groups is 1. The largest absolute Gasteiger partial charge is 0.340 e. The number of benzene rings is 1. The van der Waals surface area contributed by atoms with Crippen molar-refractivity contribution in [1.82, 2.24) is 4.98 Å². The molecule has 0 radical (unpaired) electrons. The van der Waals surface area contributed by atoms with Gasteiger partial charge in [-0.25, -0.2) is 4.98 Å². The molecule has 0 aliphatic heterocycles. The van der Waals surface area contributed by atoms with Gasteiger partial charge >= 0.3 is 0 Å². The van der Waals surface area contributed by atoms with Crippen LogP contribution in [0.3, 0.4) is 0 Å². The van der Waals surface area contributed by atoms with Crippen LogP contribution >= 0.6 is 12.2 Å². The minimum absolute atomic E-state index is 0.702. The fraction of sp³-hybridized carbons (Fsp3) is 0. The Morgan fingerprint density at radius 3 is 2.56 bits per heavy atom. The van der Waals surface area contributed by atoms with Crippen LogP contribution in [0.2, 0.25) is 0 Å². The topological polar surface area (TPSA) is 37.3 Å². The van der Waals surface area contributed by atoms with E-state index in [1.807, 2.05) is 42.5 Å². The second-order valence-electron chi connectivity index (χ2n) is 3.10. The van der Waals surface area contributed by atoms with Crippen LogP contribution in [0, 0.1) is 0 Å². The molecule has 2 rings (SSSR count). The highest BCUT2D eigenvalue weighted by molar-refractivity contribution is 7.78. The van der Waals surface area contributed by atoms with Crippen molar-refractivity contribution in [2.45, 2.75) is 0 Å². The van der Waals surface area contributed by atoms with Crippen LogP contribution in [-0.4, -0.2) is 10.1 Å². The van der Waals surface area contributed by atoms with Gasteiger partial charge in [-0.15, -0.1) is 0 Å². The molecule has 16 heavy (non-hydrogen) atoms. The maximum absolute atomic E-state index is 4.51. The van der Waals surface area contributed by atoms with E-state index < -0.39 is 0 Å². The highest BCUT2D eigenvalue weighted by atomic mass is 32.1. The Kier molecular flexibility index (Phi) is 3.38. The fourth-order valence-electron chi connectivity index (χ4n) is 1.25. The molecule has 0 saturated carbocycles. The first kappa shape index (κ1) is 10.5. The lowest BCUT2D eigenvalue weighted by molar-refractivity contribution is 1.29. The number of nitrogens with zero attached hydrogens (tertiary/aromatic N) is 2. The van der Waals surface area contributed by atoms with Crippen molar-refractivity contribution in [2.24, 2.45) is 4.99 Å². The standard InChI is InChI=1S/C12H9N3S/c16-9-14-11-6-7-12(13-8-11)15-10-4-2-1-3-5-10/h1-8H,(H,13,15). The van der Waals surface area contributed by atoms with Crippen LogP contribution in [0.4, 0.5) is 17.2 Å². The third-order valence-electron chi connectivity index (χ3n) is 1.97. The Labute approximate surface area is 98.9 Å². The van der Waals surface area contributed by atoms with Gasteiger partial charge in [-0.2, -0.15) is 4.99 Å². The van der Waals surface area contributed by atoms with Gasteiger partial charge in [0.25, 0.3) is 0 Å². The zero-order chi connectivity index (χ0) is 11.2. The molecule has 0 unspecified atom stereocenters. The molecule has 0 aliphatic carbocycles. The lowest BCUT2D eigenvalue weighted by Gasteiger charge is -2.04. The van der Waals surface area contributed by atoms with Crippen LogP contribution in [0.15, 0.2) is 53.7 Å². The molecule has 0 aliphatic rings. The average molecular weight is 227 g/mol. The number of isothiocyanates is 1. The van der Waals surface area contributed by atoms with Crippen molar-refractivity contribution < 1.29 is 0 Å². The van der Waals surface area contributed by atoms with Crippen LogP contribution in [-0.2, 0) is 0 Å². The molecule has 1 N–H and O–H groups in total.